The number of hydrogen-bond acceptors (Lipinski definition) is 3. The normalized spacial score (nSPS) is 26.8. The van der Waals surface area contributed by atoms with E-state index >= 15 is 0 Å². The molecule has 4 heteroatoms. The maximum Gasteiger partial charge on any atom is 0.410 e. The van der Waals surface area contributed by atoms with Crippen LogP contribution >= 0.6 is 0 Å². The Morgan fingerprint density at radius 1 is 1.13 bits per heavy atom. The summed E-state index contributed by atoms with van der Waals surface area (Å²) in [5.41, 5.74) is 0.797. The van der Waals surface area contributed by atoms with Crippen molar-refractivity contribution in [1.82, 2.24) is 4.90 Å². The van der Waals surface area contributed by atoms with E-state index in [0.29, 0.717) is 12.2 Å². The van der Waals surface area contributed by atoms with Gasteiger partial charge in [0, 0.05) is 24.4 Å². The van der Waals surface area contributed by atoms with Gasteiger partial charge >= 0.3 is 6.09 Å². The average Bonchev–Trinajstić information content (AvgIpc) is 2.67. The van der Waals surface area contributed by atoms with E-state index in [9.17, 15) is 9.59 Å². The number of ether oxygens (including phenoxy) is 1. The van der Waals surface area contributed by atoms with E-state index < -0.39 is 5.60 Å². The molecule has 4 nitrogen and oxygen atoms in total. The Labute approximate surface area is 140 Å². The van der Waals surface area contributed by atoms with Gasteiger partial charge in [0.25, 0.3) is 0 Å². The molecule has 2 fully saturated rings. The predicted octanol–water partition coefficient (Wildman–Crippen LogP) is 4.48. The first-order valence-corrected chi connectivity index (χ1v) is 8.85. The third-order valence-corrected chi connectivity index (χ3v) is 4.74. The molecule has 2 saturated heterocycles. The Balaban J connectivity index is 1.92. The first-order valence-electron chi connectivity index (χ1n) is 8.85. The number of nitrogens with zero attached hydrogens (tertiary/aromatic N) is 1. The standard InChI is InChI=1S/C19H31NO3/c1-13(2)7-6-8-17(21)14-11-15-9-10-16(12-14)20(15)18(22)23-19(3,4)5/h7,14-16H,6,8-12H2,1-5H3. The van der Waals surface area contributed by atoms with E-state index in [0.717, 1.165) is 32.1 Å². The first kappa shape index (κ1) is 18.0. The molecule has 0 aromatic heterocycles. The highest BCUT2D eigenvalue weighted by Crippen LogP contribution is 2.40. The maximum atomic E-state index is 12.4. The molecule has 0 aliphatic carbocycles. The van der Waals surface area contributed by atoms with E-state index in [2.05, 4.69) is 19.9 Å². The zero-order chi connectivity index (χ0) is 17.2. The number of piperidine rings is 1. The zero-order valence-corrected chi connectivity index (χ0v) is 15.2. The summed E-state index contributed by atoms with van der Waals surface area (Å²) in [6.45, 7) is 9.80. The maximum absolute atomic E-state index is 12.4. The molecule has 2 aliphatic rings. The number of carbonyl (C=O) groups is 2. The lowest BCUT2D eigenvalue weighted by Crippen LogP contribution is -2.49. The van der Waals surface area contributed by atoms with E-state index in [1.807, 2.05) is 25.7 Å². The molecule has 0 saturated carbocycles. The number of amides is 1. The van der Waals surface area contributed by atoms with Gasteiger partial charge in [0.2, 0.25) is 0 Å². The molecular formula is C19H31NO3. The number of Topliss-reactive ketones (excluding diaryl/α,β-unsaturated/α-hetero) is 1. The topological polar surface area (TPSA) is 46.6 Å². The smallest absolute Gasteiger partial charge is 0.410 e. The van der Waals surface area contributed by atoms with E-state index in [1.165, 1.54) is 5.57 Å². The van der Waals surface area contributed by atoms with Crippen molar-refractivity contribution >= 4 is 11.9 Å². The fraction of sp³-hybridized carbons (Fsp3) is 0.789. The van der Waals surface area contributed by atoms with Gasteiger partial charge in [-0.2, -0.15) is 0 Å². The molecule has 2 heterocycles. The van der Waals surface area contributed by atoms with Crippen LogP contribution < -0.4 is 0 Å². The molecule has 2 atom stereocenters. The third-order valence-electron chi connectivity index (χ3n) is 4.74. The lowest BCUT2D eigenvalue weighted by atomic mass is 9.86. The largest absolute Gasteiger partial charge is 0.444 e. The molecule has 0 radical (unpaired) electrons. The fourth-order valence-electron chi connectivity index (χ4n) is 3.76. The monoisotopic (exact) mass is 321 g/mol. The van der Waals surface area contributed by atoms with Crippen LogP contribution in [-0.4, -0.2) is 34.5 Å². The van der Waals surface area contributed by atoms with Gasteiger partial charge in [0.05, 0.1) is 0 Å². The van der Waals surface area contributed by atoms with Crippen LogP contribution in [0.2, 0.25) is 0 Å². The van der Waals surface area contributed by atoms with Crippen molar-refractivity contribution in [2.75, 3.05) is 0 Å². The Bertz CT molecular complexity index is 471. The minimum atomic E-state index is -0.465. The molecule has 130 valence electrons. The highest BCUT2D eigenvalue weighted by Gasteiger charge is 2.46. The minimum Gasteiger partial charge on any atom is -0.444 e. The molecule has 23 heavy (non-hydrogen) atoms. The number of carbonyl (C=O) groups excluding carboxylic acids is 2. The van der Waals surface area contributed by atoms with Gasteiger partial charge in [0.1, 0.15) is 11.4 Å². The molecule has 2 rings (SSSR count). The van der Waals surface area contributed by atoms with Crippen LogP contribution in [0, 0.1) is 5.92 Å². The summed E-state index contributed by atoms with van der Waals surface area (Å²) in [7, 11) is 0. The van der Waals surface area contributed by atoms with Crippen molar-refractivity contribution in [2.24, 2.45) is 5.92 Å². The van der Waals surface area contributed by atoms with Gasteiger partial charge in [0.15, 0.2) is 0 Å². The molecule has 0 aromatic carbocycles. The summed E-state index contributed by atoms with van der Waals surface area (Å²) in [4.78, 5) is 26.8. The highest BCUT2D eigenvalue weighted by molar-refractivity contribution is 5.82. The molecule has 2 unspecified atom stereocenters. The van der Waals surface area contributed by atoms with Crippen molar-refractivity contribution in [3.63, 3.8) is 0 Å². The van der Waals surface area contributed by atoms with Gasteiger partial charge < -0.3 is 9.64 Å². The van der Waals surface area contributed by atoms with Gasteiger partial charge in [-0.25, -0.2) is 4.79 Å². The Hall–Kier alpha value is -1.32. The summed E-state index contributed by atoms with van der Waals surface area (Å²) in [6, 6.07) is 0.363. The number of rotatable bonds is 4. The third kappa shape index (κ3) is 4.82. The number of hydrogen-bond donors (Lipinski definition) is 0. The quantitative estimate of drug-likeness (QED) is 0.717. The predicted molar refractivity (Wildman–Crippen MR) is 91.3 cm³/mol. The number of allylic oxidation sites excluding steroid dienone is 2. The Kier molecular flexibility index (Phi) is 5.53. The average molecular weight is 321 g/mol. The van der Waals surface area contributed by atoms with Crippen molar-refractivity contribution < 1.29 is 14.3 Å². The van der Waals surface area contributed by atoms with Gasteiger partial charge in [-0.3, -0.25) is 4.79 Å². The van der Waals surface area contributed by atoms with Gasteiger partial charge in [-0.1, -0.05) is 11.6 Å². The van der Waals surface area contributed by atoms with Gasteiger partial charge in [-0.15, -0.1) is 0 Å². The van der Waals surface area contributed by atoms with Crippen LogP contribution in [0.15, 0.2) is 11.6 Å². The minimum absolute atomic E-state index is 0.122. The zero-order valence-electron chi connectivity index (χ0n) is 15.2. The summed E-state index contributed by atoms with van der Waals surface area (Å²) in [6.07, 6.45) is 7.00. The molecular weight excluding hydrogens is 290 g/mol. The SMILES string of the molecule is CC(C)=CCCC(=O)C1CC2CCC(C1)N2C(=O)OC(C)(C)C. The Morgan fingerprint density at radius 2 is 1.70 bits per heavy atom. The molecule has 2 aliphatic heterocycles. The second-order valence-corrected chi connectivity index (χ2v) is 8.23. The van der Waals surface area contributed by atoms with E-state index in [4.69, 9.17) is 4.74 Å². The van der Waals surface area contributed by atoms with Gasteiger partial charge in [-0.05, 0) is 66.7 Å². The number of fused-ring (bicyclic) bond motifs is 2. The van der Waals surface area contributed by atoms with E-state index in [-0.39, 0.29) is 24.1 Å². The second-order valence-electron chi connectivity index (χ2n) is 8.23. The summed E-state index contributed by atoms with van der Waals surface area (Å²) in [5, 5.41) is 0. The molecule has 0 spiro atoms. The molecule has 1 amide bonds. The van der Waals surface area contributed by atoms with Crippen molar-refractivity contribution in [3.8, 4) is 0 Å². The Morgan fingerprint density at radius 3 is 2.17 bits per heavy atom. The second kappa shape index (κ2) is 7.06. The highest BCUT2D eigenvalue weighted by atomic mass is 16.6. The van der Waals surface area contributed by atoms with Crippen molar-refractivity contribution in [2.45, 2.75) is 90.8 Å². The number of ketones is 1. The van der Waals surface area contributed by atoms with Crippen LogP contribution in [-0.2, 0) is 9.53 Å². The summed E-state index contributed by atoms with van der Waals surface area (Å²) >= 11 is 0. The molecule has 0 N–H and O–H groups in total. The molecule has 2 bridgehead atoms. The van der Waals surface area contributed by atoms with Crippen molar-refractivity contribution in [1.29, 1.82) is 0 Å². The van der Waals surface area contributed by atoms with Crippen molar-refractivity contribution in [3.05, 3.63) is 11.6 Å². The van der Waals surface area contributed by atoms with Crippen LogP contribution in [0.1, 0.15) is 73.1 Å². The molecule has 0 aromatic rings. The van der Waals surface area contributed by atoms with Crippen LogP contribution in [0.25, 0.3) is 0 Å². The first-order chi connectivity index (χ1) is 10.7. The lowest BCUT2D eigenvalue weighted by molar-refractivity contribution is -0.125. The fourth-order valence-corrected chi connectivity index (χ4v) is 3.76. The summed E-state index contributed by atoms with van der Waals surface area (Å²) in [5.74, 6) is 0.486. The summed E-state index contributed by atoms with van der Waals surface area (Å²) < 4.78 is 5.54. The van der Waals surface area contributed by atoms with Crippen LogP contribution in [0.5, 0.6) is 0 Å². The van der Waals surface area contributed by atoms with Crippen LogP contribution in [0.4, 0.5) is 4.79 Å². The lowest BCUT2D eigenvalue weighted by Gasteiger charge is -2.39. The van der Waals surface area contributed by atoms with Crippen LogP contribution in [0.3, 0.4) is 0 Å². The van der Waals surface area contributed by atoms with E-state index in [1.54, 1.807) is 0 Å².